The number of nitrogens with zero attached hydrogens (tertiary/aromatic N) is 3. The van der Waals surface area contributed by atoms with Gasteiger partial charge in [0.2, 0.25) is 0 Å². The second-order valence-corrected chi connectivity index (χ2v) is 4.95. The molecule has 102 valence electrons. The Morgan fingerprint density at radius 2 is 2.42 bits per heavy atom. The van der Waals surface area contributed by atoms with E-state index in [0.717, 1.165) is 13.1 Å². The van der Waals surface area contributed by atoms with Crippen molar-refractivity contribution >= 4 is 11.8 Å². The number of nitrogens with two attached hydrogens (primary N) is 1. The van der Waals surface area contributed by atoms with Gasteiger partial charge >= 0.3 is 5.97 Å². The van der Waals surface area contributed by atoms with Gasteiger partial charge in [0.15, 0.2) is 5.82 Å². The van der Waals surface area contributed by atoms with E-state index in [9.17, 15) is 4.79 Å². The minimum Gasteiger partial charge on any atom is -0.477 e. The van der Waals surface area contributed by atoms with Gasteiger partial charge in [-0.3, -0.25) is 4.90 Å². The van der Waals surface area contributed by atoms with E-state index in [1.54, 1.807) is 0 Å². The zero-order valence-corrected chi connectivity index (χ0v) is 10.5. The van der Waals surface area contributed by atoms with Crippen LogP contribution in [-0.4, -0.2) is 51.7 Å². The van der Waals surface area contributed by atoms with E-state index in [2.05, 4.69) is 14.9 Å². The van der Waals surface area contributed by atoms with Crippen molar-refractivity contribution in [3.05, 3.63) is 17.6 Å². The summed E-state index contributed by atoms with van der Waals surface area (Å²) in [4.78, 5) is 21.4. The summed E-state index contributed by atoms with van der Waals surface area (Å²) in [5.41, 5.74) is 5.56. The molecule has 1 aromatic heterocycles. The number of hydrogen-bond donors (Lipinski definition) is 2. The number of fused-ring (bicyclic) bond motifs is 1. The van der Waals surface area contributed by atoms with Crippen LogP contribution in [0.3, 0.4) is 0 Å². The van der Waals surface area contributed by atoms with Gasteiger partial charge in [-0.25, -0.2) is 14.8 Å². The van der Waals surface area contributed by atoms with Crippen molar-refractivity contribution in [2.24, 2.45) is 0 Å². The van der Waals surface area contributed by atoms with Crippen LogP contribution in [-0.2, 0) is 4.74 Å². The lowest BCUT2D eigenvalue weighted by Crippen LogP contribution is -2.42. The van der Waals surface area contributed by atoms with Gasteiger partial charge in [-0.15, -0.1) is 0 Å². The van der Waals surface area contributed by atoms with E-state index in [1.807, 2.05) is 0 Å². The predicted molar refractivity (Wildman–Crippen MR) is 66.7 cm³/mol. The topological polar surface area (TPSA) is 102 Å². The molecule has 2 saturated heterocycles. The summed E-state index contributed by atoms with van der Waals surface area (Å²) in [5.74, 6) is -0.661. The van der Waals surface area contributed by atoms with E-state index >= 15 is 0 Å². The second-order valence-electron chi connectivity index (χ2n) is 4.95. The molecule has 2 unspecified atom stereocenters. The van der Waals surface area contributed by atoms with Crippen LogP contribution in [0.2, 0.25) is 0 Å². The van der Waals surface area contributed by atoms with Crippen LogP contribution in [0.4, 0.5) is 5.82 Å². The van der Waals surface area contributed by atoms with Crippen LogP contribution in [0.1, 0.15) is 35.1 Å². The number of aromatic carboxylic acids is 1. The van der Waals surface area contributed by atoms with Crippen molar-refractivity contribution in [3.63, 3.8) is 0 Å². The number of aromatic nitrogens is 2. The molecule has 2 fully saturated rings. The summed E-state index contributed by atoms with van der Waals surface area (Å²) in [6, 6.07) is 0.506. The fourth-order valence-electron chi connectivity index (χ4n) is 2.70. The molecule has 1 aromatic rings. The molecule has 0 spiro atoms. The number of rotatable bonds is 2. The highest BCUT2D eigenvalue weighted by Gasteiger charge is 2.34. The Balaban J connectivity index is 1.79. The third-order valence-corrected chi connectivity index (χ3v) is 3.74. The van der Waals surface area contributed by atoms with Gasteiger partial charge in [-0.05, 0) is 19.4 Å². The van der Waals surface area contributed by atoms with Crippen LogP contribution in [0.15, 0.2) is 6.20 Å². The number of nitrogen functional groups attached to an aromatic ring is 1. The zero-order chi connectivity index (χ0) is 13.4. The predicted octanol–water partition coefficient (Wildman–Crippen LogP) is 0.293. The Morgan fingerprint density at radius 3 is 3.16 bits per heavy atom. The summed E-state index contributed by atoms with van der Waals surface area (Å²) >= 11 is 0. The number of morpholine rings is 1. The summed E-state index contributed by atoms with van der Waals surface area (Å²) in [5, 5.41) is 8.89. The van der Waals surface area contributed by atoms with Crippen LogP contribution in [0.25, 0.3) is 0 Å². The molecule has 3 heterocycles. The molecular formula is C12H16N4O3. The highest BCUT2D eigenvalue weighted by atomic mass is 16.5. The van der Waals surface area contributed by atoms with E-state index in [4.69, 9.17) is 15.6 Å². The molecule has 2 atom stereocenters. The Morgan fingerprint density at radius 1 is 1.58 bits per heavy atom. The molecule has 7 heteroatoms. The first-order chi connectivity index (χ1) is 9.15. The Labute approximate surface area is 110 Å². The van der Waals surface area contributed by atoms with Crippen LogP contribution < -0.4 is 5.73 Å². The van der Waals surface area contributed by atoms with Crippen molar-refractivity contribution in [1.82, 2.24) is 14.9 Å². The lowest BCUT2D eigenvalue weighted by Gasteiger charge is -2.34. The van der Waals surface area contributed by atoms with Gasteiger partial charge in [0.1, 0.15) is 17.5 Å². The maximum absolute atomic E-state index is 10.9. The molecule has 0 aromatic carbocycles. The average Bonchev–Trinajstić information content (AvgIpc) is 2.85. The minimum atomic E-state index is -1.12. The molecule has 7 nitrogen and oxygen atoms in total. The third-order valence-electron chi connectivity index (χ3n) is 3.74. The monoisotopic (exact) mass is 264 g/mol. The van der Waals surface area contributed by atoms with Gasteiger partial charge < -0.3 is 15.6 Å². The normalized spacial score (nSPS) is 27.2. The van der Waals surface area contributed by atoms with E-state index in [-0.39, 0.29) is 17.5 Å². The highest BCUT2D eigenvalue weighted by molar-refractivity contribution is 5.92. The maximum Gasteiger partial charge on any atom is 0.341 e. The standard InChI is InChI=1S/C12H16N4O3/c13-10-8(12(17)18)4-14-11(15-10)9-5-16-3-1-2-7(16)6-19-9/h4,7,9H,1-3,5-6H2,(H,17,18)(H2,13,14,15). The van der Waals surface area contributed by atoms with Crippen LogP contribution in [0.5, 0.6) is 0 Å². The van der Waals surface area contributed by atoms with Crippen LogP contribution in [0, 0.1) is 0 Å². The zero-order valence-electron chi connectivity index (χ0n) is 10.5. The Bertz CT molecular complexity index is 508. The number of hydrogen-bond acceptors (Lipinski definition) is 6. The molecule has 19 heavy (non-hydrogen) atoms. The lowest BCUT2D eigenvalue weighted by atomic mass is 10.2. The quantitative estimate of drug-likeness (QED) is 0.791. The number of carbonyl (C=O) groups is 1. The summed E-state index contributed by atoms with van der Waals surface area (Å²) in [7, 11) is 0. The van der Waals surface area contributed by atoms with Crippen molar-refractivity contribution in [2.75, 3.05) is 25.4 Å². The minimum absolute atomic E-state index is 0.00959. The van der Waals surface area contributed by atoms with E-state index in [1.165, 1.54) is 19.0 Å². The first kappa shape index (κ1) is 12.3. The number of carboxylic acid groups (broad SMARTS) is 1. The second kappa shape index (κ2) is 4.75. The molecule has 3 N–H and O–H groups in total. The van der Waals surface area contributed by atoms with E-state index in [0.29, 0.717) is 18.5 Å². The summed E-state index contributed by atoms with van der Waals surface area (Å²) in [6.45, 7) is 2.50. The maximum atomic E-state index is 10.9. The molecule has 0 radical (unpaired) electrons. The number of ether oxygens (including phenoxy) is 1. The van der Waals surface area contributed by atoms with Crippen molar-refractivity contribution in [2.45, 2.75) is 25.0 Å². The van der Waals surface area contributed by atoms with Crippen molar-refractivity contribution in [3.8, 4) is 0 Å². The SMILES string of the molecule is Nc1nc(C2CN3CCCC3CO2)ncc1C(=O)O. The van der Waals surface area contributed by atoms with Gasteiger partial charge in [-0.1, -0.05) is 0 Å². The smallest absolute Gasteiger partial charge is 0.341 e. The van der Waals surface area contributed by atoms with Gasteiger partial charge in [0, 0.05) is 18.8 Å². The number of carboxylic acids is 1. The molecule has 0 saturated carbocycles. The largest absolute Gasteiger partial charge is 0.477 e. The van der Waals surface area contributed by atoms with Gasteiger partial charge in [0.25, 0.3) is 0 Å². The number of anilines is 1. The molecule has 0 amide bonds. The molecule has 2 aliphatic heterocycles. The highest BCUT2D eigenvalue weighted by Crippen LogP contribution is 2.28. The van der Waals surface area contributed by atoms with Gasteiger partial charge in [-0.2, -0.15) is 0 Å². The lowest BCUT2D eigenvalue weighted by molar-refractivity contribution is -0.0540. The molecule has 0 bridgehead atoms. The van der Waals surface area contributed by atoms with E-state index < -0.39 is 5.97 Å². The van der Waals surface area contributed by atoms with Crippen LogP contribution >= 0.6 is 0 Å². The summed E-state index contributed by atoms with van der Waals surface area (Å²) in [6.07, 6.45) is 3.40. The molecular weight excluding hydrogens is 248 g/mol. The molecule has 0 aliphatic carbocycles. The summed E-state index contributed by atoms with van der Waals surface area (Å²) < 4.78 is 5.76. The molecule has 2 aliphatic rings. The Hall–Kier alpha value is -1.73. The first-order valence-corrected chi connectivity index (χ1v) is 6.36. The molecule has 3 rings (SSSR count). The average molecular weight is 264 g/mol. The first-order valence-electron chi connectivity index (χ1n) is 6.36. The Kier molecular flexibility index (Phi) is 3.08. The van der Waals surface area contributed by atoms with Crippen molar-refractivity contribution in [1.29, 1.82) is 0 Å². The van der Waals surface area contributed by atoms with Crippen molar-refractivity contribution < 1.29 is 14.6 Å². The van der Waals surface area contributed by atoms with Gasteiger partial charge in [0.05, 0.1) is 6.61 Å². The fraction of sp³-hybridized carbons (Fsp3) is 0.583. The third kappa shape index (κ3) is 2.26. The fourth-order valence-corrected chi connectivity index (χ4v) is 2.70.